The van der Waals surface area contributed by atoms with Crippen LogP contribution in [0.3, 0.4) is 0 Å². The first kappa shape index (κ1) is 15.4. The molecule has 2 heterocycles. The predicted octanol–water partition coefficient (Wildman–Crippen LogP) is 0.614. The maximum absolute atomic E-state index is 12.0. The third-order valence-electron chi connectivity index (χ3n) is 3.30. The van der Waals surface area contributed by atoms with Crippen LogP contribution < -0.4 is 5.32 Å². The molecule has 0 aromatic carbocycles. The number of sulfone groups is 1. The van der Waals surface area contributed by atoms with Crippen molar-refractivity contribution in [2.45, 2.75) is 30.9 Å². The van der Waals surface area contributed by atoms with Crippen molar-refractivity contribution in [3.63, 3.8) is 0 Å². The lowest BCUT2D eigenvalue weighted by atomic mass is 10.2. The SMILES string of the molecule is O=C(O)Cc1ccc(NC(=O)C2CCCCS2(=O)=O)cn1. The molecule has 1 aliphatic rings. The highest BCUT2D eigenvalue weighted by Crippen LogP contribution is 2.21. The van der Waals surface area contributed by atoms with E-state index in [4.69, 9.17) is 5.11 Å². The second-order valence-electron chi connectivity index (χ2n) is 4.95. The molecule has 1 aliphatic heterocycles. The van der Waals surface area contributed by atoms with Crippen molar-refractivity contribution in [2.75, 3.05) is 11.1 Å². The lowest BCUT2D eigenvalue weighted by Gasteiger charge is -2.21. The Hall–Kier alpha value is -1.96. The Morgan fingerprint density at radius 2 is 2.10 bits per heavy atom. The summed E-state index contributed by atoms with van der Waals surface area (Å²) in [6.45, 7) is 0. The predicted molar refractivity (Wildman–Crippen MR) is 75.6 cm³/mol. The van der Waals surface area contributed by atoms with Crippen LogP contribution in [0.4, 0.5) is 5.69 Å². The second-order valence-corrected chi connectivity index (χ2v) is 7.25. The molecule has 1 amide bonds. The van der Waals surface area contributed by atoms with Crippen LogP contribution >= 0.6 is 0 Å². The molecule has 0 spiro atoms. The lowest BCUT2D eigenvalue weighted by molar-refractivity contribution is -0.136. The molecule has 1 aromatic rings. The summed E-state index contributed by atoms with van der Waals surface area (Å²) < 4.78 is 23.7. The summed E-state index contributed by atoms with van der Waals surface area (Å²) in [5, 5.41) is 10.1. The summed E-state index contributed by atoms with van der Waals surface area (Å²) in [5.74, 6) is -1.50. The molecule has 1 fully saturated rings. The van der Waals surface area contributed by atoms with Gasteiger partial charge in [0.05, 0.1) is 29.8 Å². The largest absolute Gasteiger partial charge is 0.481 e. The summed E-state index contributed by atoms with van der Waals surface area (Å²) in [5.41, 5.74) is 0.723. The zero-order valence-corrected chi connectivity index (χ0v) is 12.1. The van der Waals surface area contributed by atoms with E-state index < -0.39 is 27.0 Å². The van der Waals surface area contributed by atoms with Crippen LogP contribution in [0.15, 0.2) is 18.3 Å². The molecule has 21 heavy (non-hydrogen) atoms. The Kier molecular flexibility index (Phi) is 4.56. The number of hydrogen-bond donors (Lipinski definition) is 2. The van der Waals surface area contributed by atoms with E-state index in [1.54, 1.807) is 0 Å². The summed E-state index contributed by atoms with van der Waals surface area (Å²) >= 11 is 0. The number of nitrogens with zero attached hydrogens (tertiary/aromatic N) is 1. The molecule has 1 atom stereocenters. The molecular formula is C13H16N2O5S. The van der Waals surface area contributed by atoms with E-state index in [1.807, 2.05) is 0 Å². The van der Waals surface area contributed by atoms with E-state index in [2.05, 4.69) is 10.3 Å². The van der Waals surface area contributed by atoms with Crippen LogP contribution in [-0.2, 0) is 25.8 Å². The van der Waals surface area contributed by atoms with Crippen LogP contribution in [0.5, 0.6) is 0 Å². The number of carbonyl (C=O) groups is 2. The van der Waals surface area contributed by atoms with E-state index >= 15 is 0 Å². The van der Waals surface area contributed by atoms with Gasteiger partial charge in [0, 0.05) is 0 Å². The highest BCUT2D eigenvalue weighted by molar-refractivity contribution is 7.92. The molecule has 1 aromatic heterocycles. The van der Waals surface area contributed by atoms with Gasteiger partial charge in [0.2, 0.25) is 5.91 Å². The second kappa shape index (κ2) is 6.21. The van der Waals surface area contributed by atoms with E-state index in [-0.39, 0.29) is 12.2 Å². The summed E-state index contributed by atoms with van der Waals surface area (Å²) in [6.07, 6.45) is 2.76. The fraction of sp³-hybridized carbons (Fsp3) is 0.462. The number of rotatable bonds is 4. The van der Waals surface area contributed by atoms with Crippen LogP contribution in [-0.4, -0.2) is 41.4 Å². The Morgan fingerprint density at radius 1 is 1.33 bits per heavy atom. The van der Waals surface area contributed by atoms with Gasteiger partial charge in [-0.3, -0.25) is 14.6 Å². The molecule has 1 saturated heterocycles. The number of aliphatic carboxylic acids is 1. The zero-order chi connectivity index (χ0) is 15.5. The fourth-order valence-electron chi connectivity index (χ4n) is 2.23. The highest BCUT2D eigenvalue weighted by atomic mass is 32.2. The van der Waals surface area contributed by atoms with Gasteiger partial charge in [-0.05, 0) is 25.0 Å². The highest BCUT2D eigenvalue weighted by Gasteiger charge is 2.34. The maximum Gasteiger partial charge on any atom is 0.309 e. The number of amides is 1. The quantitative estimate of drug-likeness (QED) is 0.842. The lowest BCUT2D eigenvalue weighted by Crippen LogP contribution is -2.39. The van der Waals surface area contributed by atoms with Crippen molar-refractivity contribution in [1.82, 2.24) is 4.98 Å². The number of nitrogens with one attached hydrogen (secondary N) is 1. The fourth-order valence-corrected chi connectivity index (χ4v) is 4.03. The number of carbonyl (C=O) groups excluding carboxylic acids is 1. The zero-order valence-electron chi connectivity index (χ0n) is 11.3. The molecule has 0 saturated carbocycles. The van der Waals surface area contributed by atoms with Gasteiger partial charge in [0.15, 0.2) is 9.84 Å². The van der Waals surface area contributed by atoms with Gasteiger partial charge in [0.1, 0.15) is 5.25 Å². The Morgan fingerprint density at radius 3 is 2.67 bits per heavy atom. The minimum Gasteiger partial charge on any atom is -0.481 e. The average molecular weight is 312 g/mol. The number of anilines is 1. The van der Waals surface area contributed by atoms with Gasteiger partial charge < -0.3 is 10.4 Å². The van der Waals surface area contributed by atoms with Gasteiger partial charge in [-0.25, -0.2) is 8.42 Å². The van der Waals surface area contributed by atoms with E-state index in [0.29, 0.717) is 30.6 Å². The van der Waals surface area contributed by atoms with Crippen LogP contribution in [0.2, 0.25) is 0 Å². The molecule has 0 radical (unpaired) electrons. The van der Waals surface area contributed by atoms with Gasteiger partial charge in [0.25, 0.3) is 0 Å². The Balaban J connectivity index is 2.04. The number of pyridine rings is 1. The Bertz CT molecular complexity index is 639. The minimum absolute atomic E-state index is 0.0425. The summed E-state index contributed by atoms with van der Waals surface area (Å²) in [4.78, 5) is 26.5. The molecule has 2 rings (SSSR count). The molecule has 0 aliphatic carbocycles. The number of carboxylic acid groups (broad SMARTS) is 1. The summed E-state index contributed by atoms with van der Waals surface area (Å²) in [7, 11) is -3.38. The third-order valence-corrected chi connectivity index (χ3v) is 5.47. The van der Waals surface area contributed by atoms with Crippen molar-refractivity contribution in [1.29, 1.82) is 0 Å². The van der Waals surface area contributed by atoms with Crippen molar-refractivity contribution >= 4 is 27.4 Å². The maximum atomic E-state index is 12.0. The number of hydrogen-bond acceptors (Lipinski definition) is 5. The minimum atomic E-state index is -3.38. The smallest absolute Gasteiger partial charge is 0.309 e. The number of carboxylic acids is 1. The van der Waals surface area contributed by atoms with E-state index in [0.717, 1.165) is 0 Å². The molecule has 2 N–H and O–H groups in total. The van der Waals surface area contributed by atoms with Gasteiger partial charge in [-0.15, -0.1) is 0 Å². The molecular weight excluding hydrogens is 296 g/mol. The van der Waals surface area contributed by atoms with Crippen molar-refractivity contribution in [3.05, 3.63) is 24.0 Å². The van der Waals surface area contributed by atoms with Crippen LogP contribution in [0.25, 0.3) is 0 Å². The first-order chi connectivity index (χ1) is 9.88. The number of aromatic nitrogens is 1. The third kappa shape index (κ3) is 4.01. The van der Waals surface area contributed by atoms with E-state index in [9.17, 15) is 18.0 Å². The van der Waals surface area contributed by atoms with E-state index in [1.165, 1.54) is 18.3 Å². The van der Waals surface area contributed by atoms with Crippen molar-refractivity contribution in [3.8, 4) is 0 Å². The average Bonchev–Trinajstić information content (AvgIpc) is 2.39. The molecule has 1 unspecified atom stereocenters. The normalized spacial score (nSPS) is 20.7. The van der Waals surface area contributed by atoms with Crippen LogP contribution in [0.1, 0.15) is 25.0 Å². The first-order valence-electron chi connectivity index (χ1n) is 6.57. The van der Waals surface area contributed by atoms with Gasteiger partial charge >= 0.3 is 5.97 Å². The van der Waals surface area contributed by atoms with Crippen LogP contribution in [0, 0.1) is 0 Å². The first-order valence-corrected chi connectivity index (χ1v) is 8.29. The molecule has 8 heteroatoms. The van der Waals surface area contributed by atoms with Crippen molar-refractivity contribution < 1.29 is 23.1 Å². The molecule has 0 bridgehead atoms. The monoisotopic (exact) mass is 312 g/mol. The standard InChI is InChI=1S/C13H16N2O5S/c16-12(17)7-9-4-5-10(8-14-9)15-13(18)11-3-1-2-6-21(11,19)20/h4-5,8,11H,1-3,6-7H2,(H,15,18)(H,16,17). The van der Waals surface area contributed by atoms with Gasteiger partial charge in [-0.1, -0.05) is 6.42 Å². The molecule has 114 valence electrons. The van der Waals surface area contributed by atoms with Gasteiger partial charge in [-0.2, -0.15) is 0 Å². The topological polar surface area (TPSA) is 113 Å². The summed E-state index contributed by atoms with van der Waals surface area (Å²) in [6, 6.07) is 3.00. The van der Waals surface area contributed by atoms with Crippen molar-refractivity contribution in [2.24, 2.45) is 0 Å². The Labute approximate surface area is 122 Å². The molecule has 7 nitrogen and oxygen atoms in total.